The minimum Gasteiger partial charge on any atom is -0.450 e. The molecule has 2 atom stereocenters. The van der Waals surface area contributed by atoms with Gasteiger partial charge in [-0.2, -0.15) is 0 Å². The molecule has 4 nitrogen and oxygen atoms in total. The lowest BCUT2D eigenvalue weighted by atomic mass is 9.80. The van der Waals surface area contributed by atoms with Crippen LogP contribution in [0.3, 0.4) is 0 Å². The third-order valence-electron chi connectivity index (χ3n) is 3.65. The predicted octanol–water partition coefficient (Wildman–Crippen LogP) is 3.27. The van der Waals surface area contributed by atoms with Crippen molar-refractivity contribution in [3.8, 4) is 0 Å². The molecule has 1 amide bonds. The van der Waals surface area contributed by atoms with Crippen molar-refractivity contribution in [3.63, 3.8) is 0 Å². The second-order valence-corrected chi connectivity index (χ2v) is 7.19. The Morgan fingerprint density at radius 2 is 2.00 bits per heavy atom. The molecule has 0 bridgehead atoms. The monoisotopic (exact) mass is 284 g/mol. The second-order valence-electron chi connectivity index (χ2n) is 7.19. The number of amides is 1. The number of ether oxygens (including phenoxy) is 1. The number of nitrogens with one attached hydrogen (secondary N) is 1. The van der Waals surface area contributed by atoms with Gasteiger partial charge in [0.05, 0.1) is 6.61 Å². The zero-order valence-electron chi connectivity index (χ0n) is 13.9. The first-order valence-electron chi connectivity index (χ1n) is 7.99. The van der Waals surface area contributed by atoms with E-state index in [1.807, 2.05) is 6.92 Å². The largest absolute Gasteiger partial charge is 0.450 e. The Labute approximate surface area is 124 Å². The van der Waals surface area contributed by atoms with E-state index in [1.165, 1.54) is 6.42 Å². The van der Waals surface area contributed by atoms with E-state index in [4.69, 9.17) is 4.74 Å². The smallest absolute Gasteiger partial charge is 0.407 e. The normalized spacial score (nSPS) is 24.4. The van der Waals surface area contributed by atoms with Gasteiger partial charge in [0, 0.05) is 19.1 Å². The number of rotatable bonds is 5. The highest BCUT2D eigenvalue weighted by Crippen LogP contribution is 2.30. The predicted molar refractivity (Wildman–Crippen MR) is 82.9 cm³/mol. The maximum absolute atomic E-state index is 11.6. The van der Waals surface area contributed by atoms with Crippen LogP contribution in [0.2, 0.25) is 0 Å². The maximum Gasteiger partial charge on any atom is 0.407 e. The molecule has 0 aromatic heterocycles. The van der Waals surface area contributed by atoms with E-state index >= 15 is 0 Å². The molecule has 0 aromatic carbocycles. The lowest BCUT2D eigenvalue weighted by molar-refractivity contribution is 0.102. The minimum absolute atomic E-state index is 0.224. The summed E-state index contributed by atoms with van der Waals surface area (Å²) in [5.41, 5.74) is 0.342. The third-order valence-corrected chi connectivity index (χ3v) is 3.65. The average Bonchev–Trinajstić information content (AvgIpc) is 2.26. The first-order chi connectivity index (χ1) is 9.34. The van der Waals surface area contributed by atoms with Gasteiger partial charge in [-0.1, -0.05) is 27.7 Å². The first kappa shape index (κ1) is 17.3. The molecule has 0 spiro atoms. The van der Waals surface area contributed by atoms with Crippen molar-refractivity contribution < 1.29 is 9.53 Å². The molecule has 1 N–H and O–H groups in total. The fraction of sp³-hybridized carbons (Fsp3) is 0.938. The van der Waals surface area contributed by atoms with E-state index < -0.39 is 0 Å². The van der Waals surface area contributed by atoms with E-state index in [-0.39, 0.29) is 12.1 Å². The SMILES string of the molecule is CCCN1CC(CC(C)(C)C)CC(NC(=O)OCC)C1. The Balaban J connectivity index is 2.58. The molecule has 1 aliphatic rings. The van der Waals surface area contributed by atoms with E-state index in [0.717, 1.165) is 32.5 Å². The Bertz CT molecular complexity index is 299. The quantitative estimate of drug-likeness (QED) is 0.842. The molecule has 0 saturated carbocycles. The van der Waals surface area contributed by atoms with Crippen LogP contribution < -0.4 is 5.32 Å². The summed E-state index contributed by atoms with van der Waals surface area (Å²) in [5, 5.41) is 3.02. The molecule has 0 aliphatic carbocycles. The number of alkyl carbamates (subject to hydrolysis) is 1. The van der Waals surface area contributed by atoms with Gasteiger partial charge in [0.2, 0.25) is 0 Å². The molecule has 20 heavy (non-hydrogen) atoms. The highest BCUT2D eigenvalue weighted by atomic mass is 16.5. The van der Waals surface area contributed by atoms with Crippen molar-refractivity contribution >= 4 is 6.09 Å². The van der Waals surface area contributed by atoms with Gasteiger partial charge < -0.3 is 15.0 Å². The Morgan fingerprint density at radius 1 is 1.30 bits per heavy atom. The van der Waals surface area contributed by atoms with Crippen molar-refractivity contribution in [3.05, 3.63) is 0 Å². The van der Waals surface area contributed by atoms with Gasteiger partial charge in [0.15, 0.2) is 0 Å². The van der Waals surface area contributed by atoms with Gasteiger partial charge in [-0.05, 0) is 44.1 Å². The van der Waals surface area contributed by atoms with Crippen LogP contribution in [0.25, 0.3) is 0 Å². The topological polar surface area (TPSA) is 41.6 Å². The van der Waals surface area contributed by atoms with Crippen LogP contribution in [0.1, 0.15) is 53.9 Å². The van der Waals surface area contributed by atoms with Gasteiger partial charge >= 0.3 is 6.09 Å². The molecule has 1 aliphatic heterocycles. The summed E-state index contributed by atoms with van der Waals surface area (Å²) in [6, 6.07) is 0.224. The highest BCUT2D eigenvalue weighted by molar-refractivity contribution is 5.67. The van der Waals surface area contributed by atoms with E-state index in [2.05, 4.69) is 37.9 Å². The van der Waals surface area contributed by atoms with Crippen LogP contribution in [0.5, 0.6) is 0 Å². The molecule has 0 radical (unpaired) electrons. The van der Waals surface area contributed by atoms with Crippen LogP contribution in [0.4, 0.5) is 4.79 Å². The standard InChI is InChI=1S/C16H32N2O2/c1-6-8-18-11-13(10-16(3,4)5)9-14(12-18)17-15(19)20-7-2/h13-14H,6-12H2,1-5H3,(H,17,19). The number of piperidine rings is 1. The van der Waals surface area contributed by atoms with Gasteiger partial charge in [0.25, 0.3) is 0 Å². The number of carbonyl (C=O) groups is 1. The second kappa shape index (κ2) is 7.87. The molecule has 1 rings (SSSR count). The van der Waals surface area contributed by atoms with Crippen molar-refractivity contribution in [2.75, 3.05) is 26.2 Å². The maximum atomic E-state index is 11.6. The van der Waals surface area contributed by atoms with Crippen LogP contribution in [-0.2, 0) is 4.74 Å². The van der Waals surface area contributed by atoms with E-state index in [1.54, 1.807) is 0 Å². The molecule has 2 unspecified atom stereocenters. The van der Waals surface area contributed by atoms with Gasteiger partial charge in [0.1, 0.15) is 0 Å². The van der Waals surface area contributed by atoms with Crippen molar-refractivity contribution in [1.29, 1.82) is 0 Å². The Hall–Kier alpha value is -0.770. The number of nitrogens with zero attached hydrogens (tertiary/aromatic N) is 1. The molecule has 0 aromatic rings. The molecule has 1 saturated heterocycles. The zero-order chi connectivity index (χ0) is 15.2. The third kappa shape index (κ3) is 6.60. The van der Waals surface area contributed by atoms with E-state index in [0.29, 0.717) is 17.9 Å². The molecular formula is C16H32N2O2. The van der Waals surface area contributed by atoms with Gasteiger partial charge in [-0.15, -0.1) is 0 Å². The fourth-order valence-corrected chi connectivity index (χ4v) is 3.26. The summed E-state index contributed by atoms with van der Waals surface area (Å²) in [6.45, 7) is 14.6. The zero-order valence-corrected chi connectivity index (χ0v) is 13.9. The Kier molecular flexibility index (Phi) is 6.80. The first-order valence-corrected chi connectivity index (χ1v) is 7.99. The van der Waals surface area contributed by atoms with Crippen molar-refractivity contribution in [1.82, 2.24) is 10.2 Å². The molecule has 118 valence electrons. The molecule has 4 heteroatoms. The lowest BCUT2D eigenvalue weighted by Crippen LogP contribution is -2.51. The molecular weight excluding hydrogens is 252 g/mol. The summed E-state index contributed by atoms with van der Waals surface area (Å²) >= 11 is 0. The molecule has 1 heterocycles. The van der Waals surface area contributed by atoms with Crippen molar-refractivity contribution in [2.24, 2.45) is 11.3 Å². The summed E-state index contributed by atoms with van der Waals surface area (Å²) in [4.78, 5) is 14.1. The summed E-state index contributed by atoms with van der Waals surface area (Å²) in [5.74, 6) is 0.655. The van der Waals surface area contributed by atoms with Gasteiger partial charge in [-0.3, -0.25) is 0 Å². The summed E-state index contributed by atoms with van der Waals surface area (Å²) < 4.78 is 5.01. The number of hydrogen-bond donors (Lipinski definition) is 1. The summed E-state index contributed by atoms with van der Waals surface area (Å²) in [7, 11) is 0. The number of carbonyl (C=O) groups excluding carboxylic acids is 1. The van der Waals surface area contributed by atoms with Crippen LogP contribution in [0, 0.1) is 11.3 Å². The fourth-order valence-electron chi connectivity index (χ4n) is 3.26. The van der Waals surface area contributed by atoms with Crippen LogP contribution in [-0.4, -0.2) is 43.3 Å². The molecule has 1 fully saturated rings. The van der Waals surface area contributed by atoms with Crippen LogP contribution >= 0.6 is 0 Å². The minimum atomic E-state index is -0.273. The number of hydrogen-bond acceptors (Lipinski definition) is 3. The highest BCUT2D eigenvalue weighted by Gasteiger charge is 2.30. The average molecular weight is 284 g/mol. The number of likely N-dealkylation sites (tertiary alicyclic amines) is 1. The van der Waals surface area contributed by atoms with E-state index in [9.17, 15) is 4.79 Å². The van der Waals surface area contributed by atoms with Crippen LogP contribution in [0.15, 0.2) is 0 Å². The Morgan fingerprint density at radius 3 is 2.55 bits per heavy atom. The summed E-state index contributed by atoms with van der Waals surface area (Å²) in [6.07, 6.45) is 3.16. The van der Waals surface area contributed by atoms with Gasteiger partial charge in [-0.25, -0.2) is 4.79 Å². The lowest BCUT2D eigenvalue weighted by Gasteiger charge is -2.40. The van der Waals surface area contributed by atoms with Crippen molar-refractivity contribution in [2.45, 2.75) is 59.9 Å².